The molecule has 2 atom stereocenters. The van der Waals surface area contributed by atoms with E-state index in [0.29, 0.717) is 13.1 Å². The van der Waals surface area contributed by atoms with Crippen LogP contribution in [0.5, 0.6) is 11.5 Å². The van der Waals surface area contributed by atoms with Gasteiger partial charge in [-0.25, -0.2) is 0 Å². The number of fused-ring (bicyclic) bond motifs is 1. The number of nitrogens with two attached hydrogens (primary N) is 1. The predicted octanol–water partition coefficient (Wildman–Crippen LogP) is 1.92. The lowest BCUT2D eigenvalue weighted by atomic mass is 10.1. The molecule has 6 nitrogen and oxygen atoms in total. The van der Waals surface area contributed by atoms with Gasteiger partial charge >= 0.3 is 0 Å². The molecule has 0 saturated carbocycles. The smallest absolute Gasteiger partial charge is 0.238 e. The number of ether oxygens (including phenoxy) is 2. The van der Waals surface area contributed by atoms with Crippen LogP contribution in [-0.4, -0.2) is 43.4 Å². The molecule has 144 valence electrons. The molecule has 1 amide bonds. The fourth-order valence-corrected chi connectivity index (χ4v) is 3.02. The monoisotopic (exact) mass is 369 g/mol. The summed E-state index contributed by atoms with van der Waals surface area (Å²) in [6.45, 7) is 2.86. The Balaban J connectivity index is 1.45. The van der Waals surface area contributed by atoms with E-state index in [1.807, 2.05) is 55.6 Å². The fourth-order valence-electron chi connectivity index (χ4n) is 3.02. The zero-order valence-electron chi connectivity index (χ0n) is 15.9. The molecule has 2 unspecified atom stereocenters. The number of nitrogens with zero attached hydrogens (tertiary/aromatic N) is 1. The molecule has 3 rings (SSSR count). The normalized spacial score (nSPS) is 14.8. The van der Waals surface area contributed by atoms with Gasteiger partial charge in [-0.2, -0.15) is 0 Å². The van der Waals surface area contributed by atoms with E-state index in [2.05, 4.69) is 17.1 Å². The molecule has 6 heteroatoms. The number of benzene rings is 2. The third-order valence-electron chi connectivity index (χ3n) is 4.86. The SMILES string of the molecule is CC(Cc1ccc2c(c1)OCO2)N(C)CNC(=O)C(N)Cc1ccccc1. The summed E-state index contributed by atoms with van der Waals surface area (Å²) in [4.78, 5) is 14.4. The highest BCUT2D eigenvalue weighted by Crippen LogP contribution is 2.32. The zero-order valence-corrected chi connectivity index (χ0v) is 15.9. The maximum atomic E-state index is 12.3. The van der Waals surface area contributed by atoms with Crippen LogP contribution in [0, 0.1) is 0 Å². The molecular weight excluding hydrogens is 342 g/mol. The van der Waals surface area contributed by atoms with Crippen molar-refractivity contribution in [2.24, 2.45) is 5.73 Å². The van der Waals surface area contributed by atoms with Gasteiger partial charge in [0.2, 0.25) is 12.7 Å². The quantitative estimate of drug-likeness (QED) is 0.695. The molecule has 1 aliphatic heterocycles. The van der Waals surface area contributed by atoms with E-state index in [-0.39, 0.29) is 18.7 Å². The second-order valence-electron chi connectivity index (χ2n) is 6.99. The number of rotatable bonds is 8. The lowest BCUT2D eigenvalue weighted by molar-refractivity contribution is -0.123. The van der Waals surface area contributed by atoms with Crippen LogP contribution in [0.15, 0.2) is 48.5 Å². The topological polar surface area (TPSA) is 76.8 Å². The van der Waals surface area contributed by atoms with Gasteiger partial charge in [-0.3, -0.25) is 9.69 Å². The summed E-state index contributed by atoms with van der Waals surface area (Å²) in [5.74, 6) is 1.45. The Kier molecular flexibility index (Phi) is 6.32. The van der Waals surface area contributed by atoms with Crippen LogP contribution in [0.4, 0.5) is 0 Å². The second-order valence-corrected chi connectivity index (χ2v) is 6.99. The number of nitrogens with one attached hydrogen (secondary N) is 1. The molecule has 0 aliphatic carbocycles. The first-order chi connectivity index (χ1) is 13.0. The molecule has 0 bridgehead atoms. The summed E-state index contributed by atoms with van der Waals surface area (Å²) in [5.41, 5.74) is 8.26. The third-order valence-corrected chi connectivity index (χ3v) is 4.86. The summed E-state index contributed by atoms with van der Waals surface area (Å²) in [5, 5.41) is 2.93. The molecular formula is C21H27N3O3. The van der Waals surface area contributed by atoms with Crippen LogP contribution in [0.25, 0.3) is 0 Å². The zero-order chi connectivity index (χ0) is 19.2. The maximum absolute atomic E-state index is 12.3. The van der Waals surface area contributed by atoms with Crippen LogP contribution >= 0.6 is 0 Å². The number of carbonyl (C=O) groups excluding carboxylic acids is 1. The number of hydrogen-bond donors (Lipinski definition) is 2. The first-order valence-corrected chi connectivity index (χ1v) is 9.19. The molecule has 2 aromatic rings. The van der Waals surface area contributed by atoms with Gasteiger partial charge in [0.15, 0.2) is 11.5 Å². The van der Waals surface area contributed by atoms with E-state index in [0.717, 1.165) is 23.5 Å². The summed E-state index contributed by atoms with van der Waals surface area (Å²) in [6.07, 6.45) is 1.38. The summed E-state index contributed by atoms with van der Waals surface area (Å²) in [6, 6.07) is 15.5. The van der Waals surface area contributed by atoms with Crippen molar-refractivity contribution < 1.29 is 14.3 Å². The Hall–Kier alpha value is -2.57. The Morgan fingerprint density at radius 3 is 2.63 bits per heavy atom. The van der Waals surface area contributed by atoms with E-state index in [4.69, 9.17) is 15.2 Å². The standard InChI is InChI=1S/C21H27N3O3/c1-15(10-17-8-9-19-20(12-17)27-14-26-19)24(2)13-23-21(25)18(22)11-16-6-4-3-5-7-16/h3-9,12,15,18H,10-11,13-14,22H2,1-2H3,(H,23,25). The molecule has 0 aromatic heterocycles. The molecule has 1 aliphatic rings. The van der Waals surface area contributed by atoms with E-state index in [9.17, 15) is 4.79 Å². The van der Waals surface area contributed by atoms with E-state index < -0.39 is 6.04 Å². The number of hydrogen-bond acceptors (Lipinski definition) is 5. The molecule has 2 aromatic carbocycles. The summed E-state index contributed by atoms with van der Waals surface area (Å²) in [7, 11) is 1.99. The Morgan fingerprint density at radius 1 is 1.11 bits per heavy atom. The maximum Gasteiger partial charge on any atom is 0.238 e. The van der Waals surface area contributed by atoms with Crippen molar-refractivity contribution in [3.63, 3.8) is 0 Å². The van der Waals surface area contributed by atoms with Crippen LogP contribution in [0.2, 0.25) is 0 Å². The largest absolute Gasteiger partial charge is 0.454 e. The van der Waals surface area contributed by atoms with Crippen molar-refractivity contribution in [1.29, 1.82) is 0 Å². The molecule has 0 spiro atoms. The van der Waals surface area contributed by atoms with Gasteiger partial charge in [0, 0.05) is 6.04 Å². The first kappa shape index (κ1) is 19.2. The van der Waals surface area contributed by atoms with Crippen molar-refractivity contribution in [3.8, 4) is 11.5 Å². The molecule has 1 heterocycles. The minimum Gasteiger partial charge on any atom is -0.454 e. The number of carbonyl (C=O) groups is 1. The van der Waals surface area contributed by atoms with Crippen molar-refractivity contribution in [1.82, 2.24) is 10.2 Å². The molecule has 3 N–H and O–H groups in total. The van der Waals surface area contributed by atoms with Gasteiger partial charge in [-0.05, 0) is 50.1 Å². The van der Waals surface area contributed by atoms with Crippen LogP contribution < -0.4 is 20.5 Å². The van der Waals surface area contributed by atoms with Crippen LogP contribution in [0.1, 0.15) is 18.1 Å². The third kappa shape index (κ3) is 5.21. The minimum absolute atomic E-state index is 0.138. The van der Waals surface area contributed by atoms with Crippen molar-refractivity contribution >= 4 is 5.91 Å². The molecule has 27 heavy (non-hydrogen) atoms. The fraction of sp³-hybridized carbons (Fsp3) is 0.381. The average Bonchev–Trinajstić information content (AvgIpc) is 3.14. The van der Waals surface area contributed by atoms with Gasteiger partial charge < -0.3 is 20.5 Å². The van der Waals surface area contributed by atoms with Crippen molar-refractivity contribution in [2.45, 2.75) is 31.8 Å². The second kappa shape index (κ2) is 8.88. The Bertz CT molecular complexity index is 767. The van der Waals surface area contributed by atoms with Crippen molar-refractivity contribution in [2.75, 3.05) is 20.5 Å². The summed E-state index contributed by atoms with van der Waals surface area (Å²) < 4.78 is 10.8. The van der Waals surface area contributed by atoms with Crippen LogP contribution in [-0.2, 0) is 17.6 Å². The van der Waals surface area contributed by atoms with Gasteiger partial charge in [0.05, 0.1) is 12.7 Å². The highest BCUT2D eigenvalue weighted by atomic mass is 16.7. The van der Waals surface area contributed by atoms with Crippen LogP contribution in [0.3, 0.4) is 0 Å². The lowest BCUT2D eigenvalue weighted by Crippen LogP contribution is -2.47. The van der Waals surface area contributed by atoms with Crippen molar-refractivity contribution in [3.05, 3.63) is 59.7 Å². The van der Waals surface area contributed by atoms with E-state index in [1.165, 1.54) is 5.56 Å². The number of likely N-dealkylation sites (N-methyl/N-ethyl adjacent to an activating group) is 1. The first-order valence-electron chi connectivity index (χ1n) is 9.19. The van der Waals surface area contributed by atoms with Gasteiger partial charge in [0.25, 0.3) is 0 Å². The predicted molar refractivity (Wildman–Crippen MR) is 105 cm³/mol. The summed E-state index contributed by atoms with van der Waals surface area (Å²) >= 11 is 0. The Morgan fingerprint density at radius 2 is 1.85 bits per heavy atom. The highest BCUT2D eigenvalue weighted by molar-refractivity contribution is 5.81. The van der Waals surface area contributed by atoms with Gasteiger partial charge in [-0.15, -0.1) is 0 Å². The lowest BCUT2D eigenvalue weighted by Gasteiger charge is -2.26. The van der Waals surface area contributed by atoms with Gasteiger partial charge in [0.1, 0.15) is 0 Å². The average molecular weight is 369 g/mol. The van der Waals surface area contributed by atoms with E-state index in [1.54, 1.807) is 0 Å². The highest BCUT2D eigenvalue weighted by Gasteiger charge is 2.18. The van der Waals surface area contributed by atoms with Gasteiger partial charge in [-0.1, -0.05) is 36.4 Å². The number of amides is 1. The van der Waals surface area contributed by atoms with E-state index >= 15 is 0 Å². The Labute approximate surface area is 160 Å². The molecule has 0 fully saturated rings. The minimum atomic E-state index is -0.551. The molecule has 0 saturated heterocycles. The molecule has 0 radical (unpaired) electrons.